The number of nitro benzene ring substituents is 1. The minimum absolute atomic E-state index is 0.0218. The van der Waals surface area contributed by atoms with E-state index >= 15 is 0 Å². The number of ether oxygens (including phenoxy) is 3. The van der Waals surface area contributed by atoms with E-state index in [4.69, 9.17) is 14.2 Å². The predicted octanol–water partition coefficient (Wildman–Crippen LogP) is 2.32. The number of halogens is 1. The molecule has 0 heterocycles. The summed E-state index contributed by atoms with van der Waals surface area (Å²) in [6, 6.07) is 10.2. The van der Waals surface area contributed by atoms with Crippen molar-refractivity contribution in [3.63, 3.8) is 0 Å². The average molecular weight is 364 g/mol. The fraction of sp³-hybridized carbons (Fsp3) is 0.235. The molecule has 0 aromatic heterocycles. The van der Waals surface area contributed by atoms with E-state index in [9.17, 15) is 19.3 Å². The molecule has 0 aliphatic rings. The number of rotatable bonds is 9. The molecule has 9 heteroatoms. The number of hydrogen-bond donors (Lipinski definition) is 1. The van der Waals surface area contributed by atoms with Crippen LogP contribution in [0, 0.1) is 15.9 Å². The molecule has 0 saturated carbocycles. The second-order valence-electron chi connectivity index (χ2n) is 5.01. The lowest BCUT2D eigenvalue weighted by Gasteiger charge is -2.11. The summed E-state index contributed by atoms with van der Waals surface area (Å²) >= 11 is 0. The number of nitrogens with one attached hydrogen (secondary N) is 1. The average Bonchev–Trinajstić information content (AvgIpc) is 2.63. The highest BCUT2D eigenvalue weighted by molar-refractivity contribution is 5.77. The van der Waals surface area contributed by atoms with Gasteiger partial charge < -0.3 is 19.5 Å². The standard InChI is InChI=1S/C17H17FN2O6/c1-24-15-4-2-3-5-16(15)25-9-8-19-17(21)11-26-12-6-7-14(20(22)23)13(18)10-12/h2-7,10H,8-9,11H2,1H3,(H,19,21). The van der Waals surface area contributed by atoms with Crippen LogP contribution in [0.4, 0.5) is 10.1 Å². The SMILES string of the molecule is COc1ccccc1OCCNC(=O)COc1ccc([N+](=O)[O-])c(F)c1. The van der Waals surface area contributed by atoms with Crippen LogP contribution in [0.15, 0.2) is 42.5 Å². The zero-order valence-electron chi connectivity index (χ0n) is 13.9. The van der Waals surface area contributed by atoms with Crippen molar-refractivity contribution in [2.75, 3.05) is 26.9 Å². The number of carbonyl (C=O) groups excluding carboxylic acids is 1. The summed E-state index contributed by atoms with van der Waals surface area (Å²) in [4.78, 5) is 21.4. The molecule has 138 valence electrons. The molecular formula is C17H17FN2O6. The van der Waals surface area contributed by atoms with E-state index < -0.39 is 22.3 Å². The van der Waals surface area contributed by atoms with Crippen molar-refractivity contribution in [2.24, 2.45) is 0 Å². The molecule has 0 aliphatic heterocycles. The highest BCUT2D eigenvalue weighted by Crippen LogP contribution is 2.25. The van der Waals surface area contributed by atoms with Crippen LogP contribution >= 0.6 is 0 Å². The first-order chi connectivity index (χ1) is 12.5. The predicted molar refractivity (Wildman–Crippen MR) is 90.0 cm³/mol. The van der Waals surface area contributed by atoms with E-state index in [1.54, 1.807) is 18.2 Å². The van der Waals surface area contributed by atoms with E-state index in [1.807, 2.05) is 6.07 Å². The van der Waals surface area contributed by atoms with Crippen LogP contribution in [0.25, 0.3) is 0 Å². The molecule has 2 aromatic carbocycles. The summed E-state index contributed by atoms with van der Waals surface area (Å²) in [5.74, 6) is -0.303. The van der Waals surface area contributed by atoms with Crippen LogP contribution in [-0.2, 0) is 4.79 Å². The Morgan fingerprint density at radius 2 is 1.92 bits per heavy atom. The largest absolute Gasteiger partial charge is 0.493 e. The summed E-state index contributed by atoms with van der Waals surface area (Å²) in [6.45, 7) is 0.0963. The molecule has 8 nitrogen and oxygen atoms in total. The molecule has 26 heavy (non-hydrogen) atoms. The first-order valence-corrected chi connectivity index (χ1v) is 7.60. The Hall–Kier alpha value is -3.36. The van der Waals surface area contributed by atoms with Crippen LogP contribution in [0.3, 0.4) is 0 Å². The number of amides is 1. The number of nitrogens with zero attached hydrogens (tertiary/aromatic N) is 1. The van der Waals surface area contributed by atoms with Gasteiger partial charge in [0.05, 0.1) is 18.6 Å². The zero-order chi connectivity index (χ0) is 18.9. The van der Waals surface area contributed by atoms with Crippen molar-refractivity contribution >= 4 is 11.6 Å². The van der Waals surface area contributed by atoms with Crippen molar-refractivity contribution in [1.29, 1.82) is 0 Å². The molecule has 1 amide bonds. The second kappa shape index (κ2) is 9.21. The maximum Gasteiger partial charge on any atom is 0.305 e. The molecule has 2 rings (SSSR count). The normalized spacial score (nSPS) is 10.1. The van der Waals surface area contributed by atoms with Crippen molar-refractivity contribution in [1.82, 2.24) is 5.32 Å². The van der Waals surface area contributed by atoms with Gasteiger partial charge in [-0.1, -0.05) is 12.1 Å². The quantitative estimate of drug-likeness (QED) is 0.416. The Balaban J connectivity index is 1.72. The van der Waals surface area contributed by atoms with E-state index in [1.165, 1.54) is 13.2 Å². The van der Waals surface area contributed by atoms with Crippen LogP contribution in [0.2, 0.25) is 0 Å². The zero-order valence-corrected chi connectivity index (χ0v) is 13.9. The number of methoxy groups -OCH3 is 1. The third kappa shape index (κ3) is 5.33. The summed E-state index contributed by atoms with van der Waals surface area (Å²) in [7, 11) is 1.53. The van der Waals surface area contributed by atoms with Gasteiger partial charge in [-0.3, -0.25) is 14.9 Å². The van der Waals surface area contributed by atoms with E-state index in [0.717, 1.165) is 12.1 Å². The van der Waals surface area contributed by atoms with Crippen LogP contribution in [0.1, 0.15) is 0 Å². The number of nitro groups is 1. The van der Waals surface area contributed by atoms with Gasteiger partial charge in [0, 0.05) is 12.1 Å². The van der Waals surface area contributed by atoms with Gasteiger partial charge in [-0.2, -0.15) is 4.39 Å². The Morgan fingerprint density at radius 3 is 2.58 bits per heavy atom. The van der Waals surface area contributed by atoms with E-state index in [0.29, 0.717) is 11.5 Å². The molecule has 0 unspecified atom stereocenters. The number of para-hydroxylation sites is 2. The molecule has 0 aliphatic carbocycles. The highest BCUT2D eigenvalue weighted by atomic mass is 19.1. The van der Waals surface area contributed by atoms with Gasteiger partial charge in [-0.25, -0.2) is 0 Å². The molecule has 2 aromatic rings. The van der Waals surface area contributed by atoms with Gasteiger partial charge in [0.1, 0.15) is 12.4 Å². The minimum Gasteiger partial charge on any atom is -0.493 e. The smallest absolute Gasteiger partial charge is 0.305 e. The van der Waals surface area contributed by atoms with Gasteiger partial charge in [-0.15, -0.1) is 0 Å². The Kier molecular flexibility index (Phi) is 6.72. The van der Waals surface area contributed by atoms with Crippen molar-refractivity contribution in [3.05, 3.63) is 58.4 Å². The topological polar surface area (TPSA) is 99.9 Å². The number of hydrogen-bond acceptors (Lipinski definition) is 6. The summed E-state index contributed by atoms with van der Waals surface area (Å²) in [5.41, 5.74) is -0.657. The number of carbonyl (C=O) groups is 1. The Bertz CT molecular complexity index is 784. The second-order valence-corrected chi connectivity index (χ2v) is 5.01. The molecule has 0 spiro atoms. The third-order valence-corrected chi connectivity index (χ3v) is 3.24. The van der Waals surface area contributed by atoms with Gasteiger partial charge in [0.15, 0.2) is 18.1 Å². The van der Waals surface area contributed by atoms with Crippen molar-refractivity contribution in [3.8, 4) is 17.2 Å². The molecule has 0 radical (unpaired) electrons. The van der Waals surface area contributed by atoms with Gasteiger partial charge >= 0.3 is 5.69 Å². The lowest BCUT2D eigenvalue weighted by atomic mass is 10.3. The van der Waals surface area contributed by atoms with Crippen LogP contribution in [0.5, 0.6) is 17.2 Å². The van der Waals surface area contributed by atoms with Crippen LogP contribution in [-0.4, -0.2) is 37.7 Å². The molecule has 1 N–H and O–H groups in total. The van der Waals surface area contributed by atoms with Gasteiger partial charge in [0.25, 0.3) is 5.91 Å². The number of benzene rings is 2. The first kappa shape index (κ1) is 19.0. The molecule has 0 fully saturated rings. The Morgan fingerprint density at radius 1 is 1.19 bits per heavy atom. The highest BCUT2D eigenvalue weighted by Gasteiger charge is 2.14. The maximum absolute atomic E-state index is 13.4. The lowest BCUT2D eigenvalue weighted by molar-refractivity contribution is -0.387. The molecular weight excluding hydrogens is 347 g/mol. The molecule has 0 atom stereocenters. The van der Waals surface area contributed by atoms with Crippen molar-refractivity contribution < 1.29 is 28.3 Å². The lowest BCUT2D eigenvalue weighted by Crippen LogP contribution is -2.32. The van der Waals surface area contributed by atoms with Gasteiger partial charge in [-0.05, 0) is 18.2 Å². The van der Waals surface area contributed by atoms with Crippen LogP contribution < -0.4 is 19.5 Å². The Labute approximate surface area is 148 Å². The summed E-state index contributed by atoms with van der Waals surface area (Å²) < 4.78 is 29.2. The first-order valence-electron chi connectivity index (χ1n) is 7.60. The summed E-state index contributed by atoms with van der Waals surface area (Å²) in [5, 5.41) is 13.1. The van der Waals surface area contributed by atoms with Crippen molar-refractivity contribution in [2.45, 2.75) is 0 Å². The third-order valence-electron chi connectivity index (χ3n) is 3.24. The minimum atomic E-state index is -1.03. The maximum atomic E-state index is 13.4. The molecule has 0 saturated heterocycles. The van der Waals surface area contributed by atoms with Gasteiger partial charge in [0.2, 0.25) is 5.82 Å². The summed E-state index contributed by atoms with van der Waals surface area (Å²) in [6.07, 6.45) is 0. The molecule has 0 bridgehead atoms. The fourth-order valence-electron chi connectivity index (χ4n) is 2.01. The van der Waals surface area contributed by atoms with E-state index in [2.05, 4.69) is 5.32 Å². The monoisotopic (exact) mass is 364 g/mol. The fourth-order valence-corrected chi connectivity index (χ4v) is 2.01. The van der Waals surface area contributed by atoms with E-state index in [-0.39, 0.29) is 25.5 Å².